The molecule has 2 aliphatic heterocycles. The van der Waals surface area contributed by atoms with Gasteiger partial charge in [-0.25, -0.2) is 0 Å². The molecule has 0 aromatic heterocycles. The van der Waals surface area contributed by atoms with Crippen LogP contribution in [0.5, 0.6) is 0 Å². The fourth-order valence-electron chi connectivity index (χ4n) is 3.33. The lowest BCUT2D eigenvalue weighted by molar-refractivity contribution is -0.0647. The van der Waals surface area contributed by atoms with Gasteiger partial charge in [-0.2, -0.15) is 12.6 Å². The van der Waals surface area contributed by atoms with Crippen molar-refractivity contribution in [2.75, 3.05) is 32.7 Å². The van der Waals surface area contributed by atoms with Gasteiger partial charge in [0.2, 0.25) is 0 Å². The van der Waals surface area contributed by atoms with Gasteiger partial charge in [-0.15, -0.1) is 0 Å². The van der Waals surface area contributed by atoms with Crippen molar-refractivity contribution in [3.63, 3.8) is 0 Å². The summed E-state index contributed by atoms with van der Waals surface area (Å²) in [6.07, 6.45) is 5.60. The van der Waals surface area contributed by atoms with Crippen LogP contribution in [0.25, 0.3) is 0 Å². The van der Waals surface area contributed by atoms with Crippen LogP contribution in [0.15, 0.2) is 12.2 Å². The lowest BCUT2D eigenvalue weighted by Crippen LogP contribution is -2.43. The number of piperidine rings is 2. The summed E-state index contributed by atoms with van der Waals surface area (Å²) in [4.78, 5) is 4.97. The van der Waals surface area contributed by atoms with Crippen molar-refractivity contribution in [3.05, 3.63) is 12.2 Å². The van der Waals surface area contributed by atoms with E-state index in [1.165, 1.54) is 18.4 Å². The predicted molar refractivity (Wildman–Crippen MR) is 97.6 cm³/mol. The molecule has 3 nitrogen and oxygen atoms in total. The highest BCUT2D eigenvalue weighted by molar-refractivity contribution is 7.80. The summed E-state index contributed by atoms with van der Waals surface area (Å²) in [5.74, 6) is 0.591. The third kappa shape index (κ3) is 5.55. The number of hydrogen-bond acceptors (Lipinski definition) is 4. The Balaban J connectivity index is 1.65. The molecule has 2 aliphatic rings. The zero-order valence-corrected chi connectivity index (χ0v) is 15.5. The van der Waals surface area contributed by atoms with Crippen LogP contribution in [-0.4, -0.2) is 60.1 Å². The fraction of sp³-hybridized carbons (Fsp3) is 0.889. The van der Waals surface area contributed by atoms with Crippen molar-refractivity contribution in [2.45, 2.75) is 64.0 Å². The predicted octanol–water partition coefficient (Wildman–Crippen LogP) is 3.42. The molecule has 0 N–H and O–H groups in total. The number of nitrogens with zero attached hydrogens (tertiary/aromatic N) is 2. The molecule has 2 heterocycles. The maximum Gasteiger partial charge on any atom is 0.0603 e. The number of rotatable bonds is 6. The Hall–Kier alpha value is -0.0300. The third-order valence-corrected chi connectivity index (χ3v) is 5.49. The molecule has 0 spiro atoms. The van der Waals surface area contributed by atoms with Gasteiger partial charge in [0.05, 0.1) is 12.2 Å². The highest BCUT2D eigenvalue weighted by Crippen LogP contribution is 2.23. The van der Waals surface area contributed by atoms with E-state index in [1.807, 2.05) is 0 Å². The molecule has 2 saturated heterocycles. The van der Waals surface area contributed by atoms with E-state index in [-0.39, 0.29) is 0 Å². The van der Waals surface area contributed by atoms with E-state index in [2.05, 4.69) is 49.8 Å². The Morgan fingerprint density at radius 3 is 2.00 bits per heavy atom. The zero-order chi connectivity index (χ0) is 16.1. The van der Waals surface area contributed by atoms with Crippen molar-refractivity contribution >= 4 is 12.6 Å². The minimum Gasteiger partial charge on any atom is -0.375 e. The maximum atomic E-state index is 6.36. The normalized spacial score (nSPS) is 24.8. The van der Waals surface area contributed by atoms with E-state index in [4.69, 9.17) is 4.74 Å². The summed E-state index contributed by atoms with van der Waals surface area (Å²) < 4.78 is 6.36. The summed E-state index contributed by atoms with van der Waals surface area (Å²) in [5, 5.41) is 0.373. The molecule has 128 valence electrons. The molecule has 0 bridgehead atoms. The molecule has 0 radical (unpaired) electrons. The first-order valence-corrected chi connectivity index (χ1v) is 9.45. The summed E-state index contributed by atoms with van der Waals surface area (Å²) >= 11 is 4.53. The Morgan fingerprint density at radius 2 is 1.55 bits per heavy atom. The molecule has 2 fully saturated rings. The third-order valence-electron chi connectivity index (χ3n) is 5.17. The van der Waals surface area contributed by atoms with E-state index in [9.17, 15) is 0 Å². The lowest BCUT2D eigenvalue weighted by atomic mass is 10.0. The van der Waals surface area contributed by atoms with Crippen molar-refractivity contribution in [1.29, 1.82) is 0 Å². The first kappa shape index (κ1) is 18.3. The van der Waals surface area contributed by atoms with Crippen molar-refractivity contribution in [3.8, 4) is 0 Å². The molecular formula is C18H34N2OS. The molecule has 1 atom stereocenters. The number of hydrogen-bond donors (Lipinski definition) is 1. The van der Waals surface area contributed by atoms with Gasteiger partial charge in [-0.1, -0.05) is 26.0 Å². The van der Waals surface area contributed by atoms with Crippen molar-refractivity contribution in [2.24, 2.45) is 5.92 Å². The average Bonchev–Trinajstić information content (AvgIpc) is 2.49. The van der Waals surface area contributed by atoms with Gasteiger partial charge < -0.3 is 4.74 Å². The van der Waals surface area contributed by atoms with Gasteiger partial charge in [-0.05, 0) is 38.5 Å². The zero-order valence-electron chi connectivity index (χ0n) is 14.6. The Labute approximate surface area is 142 Å². The second kappa shape index (κ2) is 8.72. The van der Waals surface area contributed by atoms with E-state index < -0.39 is 0 Å². The molecule has 4 heteroatoms. The van der Waals surface area contributed by atoms with Crippen LogP contribution in [0, 0.1) is 5.92 Å². The smallest absolute Gasteiger partial charge is 0.0603 e. The van der Waals surface area contributed by atoms with Crippen molar-refractivity contribution in [1.82, 2.24) is 9.80 Å². The minimum absolute atomic E-state index is 0.373. The highest BCUT2D eigenvalue weighted by Gasteiger charge is 2.26. The Bertz CT molecular complexity index is 343. The van der Waals surface area contributed by atoms with E-state index in [1.54, 1.807) is 0 Å². The van der Waals surface area contributed by atoms with E-state index in [0.717, 1.165) is 45.6 Å². The summed E-state index contributed by atoms with van der Waals surface area (Å²) in [5.41, 5.74) is 1.35. The molecular weight excluding hydrogens is 292 g/mol. The topological polar surface area (TPSA) is 15.7 Å². The monoisotopic (exact) mass is 326 g/mol. The second-order valence-electron chi connectivity index (χ2n) is 7.29. The van der Waals surface area contributed by atoms with Crippen LogP contribution in [-0.2, 0) is 4.74 Å². The van der Waals surface area contributed by atoms with Gasteiger partial charge in [-0.3, -0.25) is 9.80 Å². The Kier molecular flexibility index (Phi) is 7.26. The SMILES string of the molecule is C=C(CN1CCC(OC2CCN(C(C)S)CC2)CC1)C(C)C. The summed E-state index contributed by atoms with van der Waals surface area (Å²) in [6.45, 7) is 16.4. The van der Waals surface area contributed by atoms with Gasteiger partial charge in [0.15, 0.2) is 0 Å². The van der Waals surface area contributed by atoms with Gasteiger partial charge in [0.1, 0.15) is 0 Å². The van der Waals surface area contributed by atoms with Crippen LogP contribution in [0.1, 0.15) is 46.5 Å². The number of ether oxygens (including phenoxy) is 1. The molecule has 22 heavy (non-hydrogen) atoms. The molecule has 0 aromatic rings. The number of thiol groups is 1. The van der Waals surface area contributed by atoms with Crippen molar-refractivity contribution < 1.29 is 4.74 Å². The first-order valence-electron chi connectivity index (χ1n) is 8.93. The van der Waals surface area contributed by atoms with Crippen LogP contribution in [0.3, 0.4) is 0 Å². The molecule has 0 amide bonds. The highest BCUT2D eigenvalue weighted by atomic mass is 32.1. The largest absolute Gasteiger partial charge is 0.375 e. The van der Waals surface area contributed by atoms with Gasteiger partial charge >= 0.3 is 0 Å². The Morgan fingerprint density at radius 1 is 1.05 bits per heavy atom. The van der Waals surface area contributed by atoms with Gasteiger partial charge in [0.25, 0.3) is 0 Å². The first-order chi connectivity index (χ1) is 10.5. The number of likely N-dealkylation sites (tertiary alicyclic amines) is 2. The molecule has 0 aliphatic carbocycles. The summed E-state index contributed by atoms with van der Waals surface area (Å²) in [6, 6.07) is 0. The van der Waals surface area contributed by atoms with Crippen LogP contribution in [0.4, 0.5) is 0 Å². The van der Waals surface area contributed by atoms with Gasteiger partial charge in [0, 0.05) is 38.1 Å². The second-order valence-corrected chi connectivity index (χ2v) is 8.04. The summed E-state index contributed by atoms with van der Waals surface area (Å²) in [7, 11) is 0. The molecule has 0 saturated carbocycles. The minimum atomic E-state index is 0.373. The fourth-order valence-corrected chi connectivity index (χ4v) is 3.56. The molecule has 1 unspecified atom stereocenters. The van der Waals surface area contributed by atoms with Crippen LogP contribution >= 0.6 is 12.6 Å². The molecule has 2 rings (SSSR count). The molecule has 0 aromatic carbocycles. The lowest BCUT2D eigenvalue weighted by Gasteiger charge is -2.38. The van der Waals surface area contributed by atoms with Crippen LogP contribution < -0.4 is 0 Å². The van der Waals surface area contributed by atoms with E-state index >= 15 is 0 Å². The van der Waals surface area contributed by atoms with Crippen LogP contribution in [0.2, 0.25) is 0 Å². The maximum absolute atomic E-state index is 6.36. The average molecular weight is 327 g/mol. The standard InChI is InChI=1S/C18H34N2OS/c1-14(2)15(3)13-19-9-5-17(6-10-19)21-18-7-11-20(12-8-18)16(4)22/h14,16-18,22H,3,5-13H2,1-2,4H3. The quantitative estimate of drug-likeness (QED) is 0.595. The van der Waals surface area contributed by atoms with E-state index in [0.29, 0.717) is 23.5 Å².